The molecule has 0 unspecified atom stereocenters. The van der Waals surface area contributed by atoms with Gasteiger partial charge in [0.15, 0.2) is 0 Å². The van der Waals surface area contributed by atoms with Gasteiger partial charge in [0.1, 0.15) is 5.03 Å². The van der Waals surface area contributed by atoms with Crippen LogP contribution in [0.5, 0.6) is 0 Å². The van der Waals surface area contributed by atoms with Crippen molar-refractivity contribution >= 4 is 23.4 Å². The minimum absolute atomic E-state index is 0.00303. The van der Waals surface area contributed by atoms with Crippen molar-refractivity contribution in [3.8, 4) is 0 Å². The van der Waals surface area contributed by atoms with E-state index < -0.39 is 11.7 Å². The molecule has 2 nitrogen and oxygen atoms in total. The molecular weight excluding hydrogens is 249 g/mol. The number of halogens is 4. The normalized spacial score (nSPS) is 11.8. The van der Waals surface area contributed by atoms with Gasteiger partial charge in [0, 0.05) is 18.5 Å². The van der Waals surface area contributed by atoms with Crippen molar-refractivity contribution < 1.29 is 13.2 Å². The zero-order valence-electron chi connectivity index (χ0n) is 7.51. The summed E-state index contributed by atoms with van der Waals surface area (Å²) in [6.07, 6.45) is -3.64. The first-order chi connectivity index (χ1) is 6.95. The van der Waals surface area contributed by atoms with E-state index in [1.54, 1.807) is 0 Å². The lowest BCUT2D eigenvalue weighted by molar-refractivity contribution is -0.137. The Morgan fingerprint density at radius 3 is 2.60 bits per heavy atom. The van der Waals surface area contributed by atoms with Gasteiger partial charge >= 0.3 is 6.18 Å². The highest BCUT2D eigenvalue weighted by Crippen LogP contribution is 2.33. The van der Waals surface area contributed by atoms with Gasteiger partial charge in [-0.15, -0.1) is 11.8 Å². The fourth-order valence-electron chi connectivity index (χ4n) is 0.842. The maximum absolute atomic E-state index is 12.2. The van der Waals surface area contributed by atoms with E-state index in [1.165, 1.54) is 11.8 Å². The van der Waals surface area contributed by atoms with E-state index in [9.17, 15) is 13.2 Å². The first-order valence-electron chi connectivity index (χ1n) is 4.00. The molecule has 1 aromatic heterocycles. The molecule has 1 aromatic rings. The lowest BCUT2D eigenvalue weighted by atomic mass is 10.3. The van der Waals surface area contributed by atoms with Crippen molar-refractivity contribution in [1.82, 2.24) is 4.98 Å². The molecule has 2 N–H and O–H groups in total. The van der Waals surface area contributed by atoms with Crippen molar-refractivity contribution in [3.05, 3.63) is 22.8 Å². The summed E-state index contributed by atoms with van der Waals surface area (Å²) < 4.78 is 36.7. The van der Waals surface area contributed by atoms with Gasteiger partial charge in [0.2, 0.25) is 0 Å². The van der Waals surface area contributed by atoms with Crippen molar-refractivity contribution in [2.75, 3.05) is 12.3 Å². The molecule has 0 bridgehead atoms. The van der Waals surface area contributed by atoms with Gasteiger partial charge in [-0.05, 0) is 6.07 Å². The van der Waals surface area contributed by atoms with Crippen LogP contribution in [0.1, 0.15) is 5.56 Å². The summed E-state index contributed by atoms with van der Waals surface area (Å²) in [5, 5.41) is 0.374. The highest BCUT2D eigenvalue weighted by Gasteiger charge is 2.31. The maximum atomic E-state index is 12.2. The molecule has 0 amide bonds. The minimum Gasteiger partial charge on any atom is -0.330 e. The number of hydrogen-bond acceptors (Lipinski definition) is 3. The largest absolute Gasteiger partial charge is 0.417 e. The lowest BCUT2D eigenvalue weighted by Crippen LogP contribution is -2.06. The summed E-state index contributed by atoms with van der Waals surface area (Å²) in [7, 11) is 0. The molecule has 7 heteroatoms. The van der Waals surface area contributed by atoms with Crippen molar-refractivity contribution in [3.63, 3.8) is 0 Å². The first-order valence-corrected chi connectivity index (χ1v) is 5.37. The summed E-state index contributed by atoms with van der Waals surface area (Å²) in [6, 6.07) is 0.868. The lowest BCUT2D eigenvalue weighted by Gasteiger charge is -2.08. The standard InChI is InChI=1S/C8H8ClF3N2S/c9-6-3-5(8(10,11)12)4-14-7(6)15-2-1-13/h3-4H,1-2,13H2. The van der Waals surface area contributed by atoms with Crippen LogP contribution in [-0.2, 0) is 6.18 Å². The summed E-state index contributed by atoms with van der Waals surface area (Å²) in [4.78, 5) is 3.64. The van der Waals surface area contributed by atoms with Crippen LogP contribution in [0.3, 0.4) is 0 Å². The van der Waals surface area contributed by atoms with Crippen molar-refractivity contribution in [1.29, 1.82) is 0 Å². The number of aromatic nitrogens is 1. The van der Waals surface area contributed by atoms with Crippen LogP contribution in [0.15, 0.2) is 17.3 Å². The average molecular weight is 257 g/mol. The van der Waals surface area contributed by atoms with Gasteiger partial charge in [-0.25, -0.2) is 4.98 Å². The summed E-state index contributed by atoms with van der Waals surface area (Å²) in [5.74, 6) is 0.568. The molecule has 0 aromatic carbocycles. The average Bonchev–Trinajstić information content (AvgIpc) is 2.14. The van der Waals surface area contributed by atoms with Crippen molar-refractivity contribution in [2.24, 2.45) is 5.73 Å². The Balaban J connectivity index is 2.88. The van der Waals surface area contributed by atoms with Gasteiger partial charge in [-0.3, -0.25) is 0 Å². The van der Waals surface area contributed by atoms with E-state index in [4.69, 9.17) is 17.3 Å². The van der Waals surface area contributed by atoms with Gasteiger partial charge < -0.3 is 5.73 Å². The Labute approximate surface area is 94.0 Å². The van der Waals surface area contributed by atoms with E-state index in [2.05, 4.69) is 4.98 Å². The second-order valence-corrected chi connectivity index (χ2v) is 4.14. The van der Waals surface area contributed by atoms with Gasteiger partial charge in [0.25, 0.3) is 0 Å². The van der Waals surface area contributed by atoms with Crippen LogP contribution in [0.4, 0.5) is 13.2 Å². The second-order valence-electron chi connectivity index (χ2n) is 2.65. The summed E-state index contributed by atoms with van der Waals surface area (Å²) >= 11 is 6.88. The van der Waals surface area contributed by atoms with Crippen molar-refractivity contribution in [2.45, 2.75) is 11.2 Å². The van der Waals surface area contributed by atoms with Crippen LogP contribution >= 0.6 is 23.4 Å². The molecule has 0 aliphatic heterocycles. The third-order valence-corrected chi connectivity index (χ3v) is 2.93. The SMILES string of the molecule is NCCSc1ncc(C(F)(F)F)cc1Cl. The van der Waals surface area contributed by atoms with E-state index in [1.807, 2.05) is 0 Å². The molecule has 0 saturated heterocycles. The molecule has 0 fully saturated rings. The smallest absolute Gasteiger partial charge is 0.330 e. The Bertz CT molecular complexity index is 343. The van der Waals surface area contributed by atoms with Gasteiger partial charge in [-0.2, -0.15) is 13.2 Å². The fourth-order valence-corrected chi connectivity index (χ4v) is 1.81. The van der Waals surface area contributed by atoms with Crippen LogP contribution in [0.25, 0.3) is 0 Å². The molecule has 0 spiro atoms. The van der Waals surface area contributed by atoms with Gasteiger partial charge in [0.05, 0.1) is 10.6 Å². The molecule has 15 heavy (non-hydrogen) atoms. The molecule has 0 aliphatic rings. The van der Waals surface area contributed by atoms with Gasteiger partial charge in [-0.1, -0.05) is 11.6 Å². The first kappa shape index (κ1) is 12.6. The molecule has 0 radical (unpaired) electrons. The zero-order valence-corrected chi connectivity index (χ0v) is 9.09. The highest BCUT2D eigenvalue weighted by atomic mass is 35.5. The maximum Gasteiger partial charge on any atom is 0.417 e. The number of pyridine rings is 1. The Morgan fingerprint density at radius 2 is 2.13 bits per heavy atom. The highest BCUT2D eigenvalue weighted by molar-refractivity contribution is 7.99. The number of hydrogen-bond donors (Lipinski definition) is 1. The molecule has 0 atom stereocenters. The molecule has 0 saturated carbocycles. The van der Waals surface area contributed by atoms with E-state index in [-0.39, 0.29) is 5.02 Å². The molecule has 1 heterocycles. The van der Waals surface area contributed by atoms with Crippen LogP contribution < -0.4 is 5.73 Å². The minimum atomic E-state index is -4.41. The fraction of sp³-hybridized carbons (Fsp3) is 0.375. The van der Waals surface area contributed by atoms with E-state index in [0.29, 0.717) is 17.3 Å². The Morgan fingerprint density at radius 1 is 1.47 bits per heavy atom. The number of thioether (sulfide) groups is 1. The van der Waals surface area contributed by atoms with Crippen LogP contribution in [-0.4, -0.2) is 17.3 Å². The third kappa shape index (κ3) is 3.55. The number of rotatable bonds is 3. The number of alkyl halides is 3. The van der Waals surface area contributed by atoms with E-state index in [0.717, 1.165) is 12.3 Å². The molecule has 84 valence electrons. The summed E-state index contributed by atoms with van der Waals surface area (Å²) in [5.41, 5.74) is 4.41. The zero-order chi connectivity index (χ0) is 11.5. The quantitative estimate of drug-likeness (QED) is 0.846. The Kier molecular flexibility index (Phi) is 4.24. The third-order valence-electron chi connectivity index (χ3n) is 1.49. The molecular formula is C8H8ClF3N2S. The van der Waals surface area contributed by atoms with E-state index >= 15 is 0 Å². The predicted octanol–water partition coefficient (Wildman–Crippen LogP) is 2.80. The second kappa shape index (κ2) is 5.05. The molecule has 0 aliphatic carbocycles. The Hall–Kier alpha value is -0.460. The number of nitrogens with zero attached hydrogens (tertiary/aromatic N) is 1. The topological polar surface area (TPSA) is 38.9 Å². The monoisotopic (exact) mass is 256 g/mol. The van der Waals surface area contributed by atoms with Crippen LogP contribution in [0.2, 0.25) is 5.02 Å². The van der Waals surface area contributed by atoms with Crippen LogP contribution in [0, 0.1) is 0 Å². The summed E-state index contributed by atoms with van der Waals surface area (Å²) in [6.45, 7) is 0.420. The molecule has 1 rings (SSSR count). The number of nitrogens with two attached hydrogens (primary N) is 1. The predicted molar refractivity (Wildman–Crippen MR) is 54.0 cm³/mol.